The highest BCUT2D eigenvalue weighted by Crippen LogP contribution is 2.31. The molecule has 0 aliphatic rings. The molecule has 20 heavy (non-hydrogen) atoms. The molecule has 3 nitrogen and oxygen atoms in total. The van der Waals surface area contributed by atoms with Gasteiger partial charge in [-0.2, -0.15) is 0 Å². The zero-order valence-electron chi connectivity index (χ0n) is 11.1. The molecule has 0 radical (unpaired) electrons. The number of alkyl halides is 3. The third kappa shape index (κ3) is 6.70. The second-order valence-corrected chi connectivity index (χ2v) is 8.41. The molecule has 0 saturated carbocycles. The summed E-state index contributed by atoms with van der Waals surface area (Å²) in [4.78, 5) is 11.8. The van der Waals surface area contributed by atoms with E-state index in [1.54, 1.807) is 0 Å². The minimum absolute atomic E-state index is 0.158. The zero-order chi connectivity index (χ0) is 15.3. The Kier molecular flexibility index (Phi) is 7.18. The quantitative estimate of drug-likeness (QED) is 0.393. The first-order chi connectivity index (χ1) is 9.18. The molecular formula is C13H16Cl3IN2O. The van der Waals surface area contributed by atoms with E-state index in [4.69, 9.17) is 34.8 Å². The van der Waals surface area contributed by atoms with Gasteiger partial charge in [0.1, 0.15) is 6.17 Å². The van der Waals surface area contributed by atoms with Crippen molar-refractivity contribution >= 4 is 69.0 Å². The lowest BCUT2D eigenvalue weighted by molar-refractivity contribution is -0.122. The van der Waals surface area contributed by atoms with Gasteiger partial charge in [0.15, 0.2) is 0 Å². The van der Waals surface area contributed by atoms with Crippen LogP contribution in [0.2, 0.25) is 0 Å². The van der Waals surface area contributed by atoms with Crippen molar-refractivity contribution in [2.24, 2.45) is 5.92 Å². The summed E-state index contributed by atoms with van der Waals surface area (Å²) in [5.74, 6) is 0.0821. The molecule has 0 aromatic heterocycles. The predicted octanol–water partition coefficient (Wildman–Crippen LogP) is 4.56. The summed E-state index contributed by atoms with van der Waals surface area (Å²) in [6.45, 7) is 3.91. The van der Waals surface area contributed by atoms with E-state index in [-0.39, 0.29) is 11.8 Å². The number of hydrogen-bond donors (Lipinski definition) is 2. The van der Waals surface area contributed by atoms with Crippen LogP contribution in [-0.2, 0) is 4.79 Å². The molecule has 1 aromatic carbocycles. The Morgan fingerprint density at radius 2 is 1.80 bits per heavy atom. The summed E-state index contributed by atoms with van der Waals surface area (Å²) < 4.78 is -0.544. The van der Waals surface area contributed by atoms with Crippen molar-refractivity contribution in [3.05, 3.63) is 27.8 Å². The largest absolute Gasteiger partial charge is 0.362 e. The predicted molar refractivity (Wildman–Crippen MR) is 94.5 cm³/mol. The standard InChI is InChI=1S/C13H16Cl3IN2O/c1-8(2)7-11(20)19-12(13(14,15)16)18-10-5-3-9(17)4-6-10/h3-6,8,12,18H,7H2,1-2H3,(H,19,20)/t12-/m0/s1. The summed E-state index contributed by atoms with van der Waals surface area (Å²) in [5.41, 5.74) is 0.770. The highest BCUT2D eigenvalue weighted by atomic mass is 127. The highest BCUT2D eigenvalue weighted by Gasteiger charge is 2.34. The van der Waals surface area contributed by atoms with E-state index in [1.165, 1.54) is 0 Å². The summed E-state index contributed by atoms with van der Waals surface area (Å²) in [5, 5.41) is 5.72. The zero-order valence-corrected chi connectivity index (χ0v) is 15.5. The van der Waals surface area contributed by atoms with Gasteiger partial charge in [-0.25, -0.2) is 0 Å². The molecule has 0 bridgehead atoms. The van der Waals surface area contributed by atoms with Gasteiger partial charge >= 0.3 is 0 Å². The molecular weight excluding hydrogens is 433 g/mol. The summed E-state index contributed by atoms with van der Waals surface area (Å²) in [6.07, 6.45) is -0.412. The molecule has 0 spiro atoms. The van der Waals surface area contributed by atoms with Gasteiger partial charge in [0.05, 0.1) is 0 Å². The third-order valence-electron chi connectivity index (χ3n) is 2.38. The van der Waals surface area contributed by atoms with E-state index in [1.807, 2.05) is 38.1 Å². The average molecular weight is 450 g/mol. The number of hydrogen-bond acceptors (Lipinski definition) is 2. The fraction of sp³-hybridized carbons (Fsp3) is 0.462. The molecule has 2 N–H and O–H groups in total. The first-order valence-corrected chi connectivity index (χ1v) is 8.28. The first kappa shape index (κ1) is 18.1. The Bertz CT molecular complexity index is 446. The lowest BCUT2D eigenvalue weighted by Gasteiger charge is -2.27. The van der Waals surface area contributed by atoms with Crippen LogP contribution in [0.1, 0.15) is 20.3 Å². The van der Waals surface area contributed by atoms with E-state index >= 15 is 0 Å². The van der Waals surface area contributed by atoms with Crippen LogP contribution >= 0.6 is 57.4 Å². The summed E-state index contributed by atoms with van der Waals surface area (Å²) in [7, 11) is 0. The molecule has 1 atom stereocenters. The van der Waals surface area contributed by atoms with Crippen molar-refractivity contribution in [3.63, 3.8) is 0 Å². The second-order valence-electron chi connectivity index (χ2n) is 4.79. The number of nitrogens with one attached hydrogen (secondary N) is 2. The molecule has 0 aliphatic carbocycles. The second kappa shape index (κ2) is 7.92. The van der Waals surface area contributed by atoms with Gasteiger partial charge in [-0.15, -0.1) is 0 Å². The Balaban J connectivity index is 2.75. The lowest BCUT2D eigenvalue weighted by atomic mass is 10.1. The molecule has 0 saturated heterocycles. The van der Waals surface area contributed by atoms with Crippen molar-refractivity contribution in [3.8, 4) is 0 Å². The Morgan fingerprint density at radius 1 is 1.25 bits per heavy atom. The molecule has 0 heterocycles. The number of anilines is 1. The fourth-order valence-corrected chi connectivity index (χ4v) is 2.19. The summed E-state index contributed by atoms with van der Waals surface area (Å²) >= 11 is 19.9. The van der Waals surface area contributed by atoms with Crippen LogP contribution in [0.5, 0.6) is 0 Å². The molecule has 0 fully saturated rings. The molecule has 112 valence electrons. The van der Waals surface area contributed by atoms with Crippen LogP contribution in [0.3, 0.4) is 0 Å². The van der Waals surface area contributed by atoms with Gasteiger partial charge in [-0.05, 0) is 52.8 Å². The van der Waals surface area contributed by atoms with Crippen LogP contribution < -0.4 is 10.6 Å². The van der Waals surface area contributed by atoms with E-state index < -0.39 is 9.96 Å². The molecule has 1 amide bonds. The van der Waals surface area contributed by atoms with Gasteiger partial charge in [-0.1, -0.05) is 48.7 Å². The van der Waals surface area contributed by atoms with Crippen molar-refractivity contribution in [2.75, 3.05) is 5.32 Å². The number of carbonyl (C=O) groups excluding carboxylic acids is 1. The molecule has 0 unspecified atom stereocenters. The average Bonchev–Trinajstić information content (AvgIpc) is 2.28. The minimum Gasteiger partial charge on any atom is -0.362 e. The van der Waals surface area contributed by atoms with Crippen LogP contribution in [0.4, 0.5) is 5.69 Å². The number of halogens is 4. The van der Waals surface area contributed by atoms with Gasteiger partial charge < -0.3 is 10.6 Å². The topological polar surface area (TPSA) is 41.1 Å². The molecule has 1 rings (SSSR count). The van der Waals surface area contributed by atoms with Crippen molar-refractivity contribution < 1.29 is 4.79 Å². The van der Waals surface area contributed by atoms with Gasteiger partial charge in [0, 0.05) is 15.7 Å². The van der Waals surface area contributed by atoms with Gasteiger partial charge in [0.2, 0.25) is 9.70 Å². The lowest BCUT2D eigenvalue weighted by Crippen LogP contribution is -2.49. The SMILES string of the molecule is CC(C)CC(=O)N[C@H](Nc1ccc(I)cc1)C(Cl)(Cl)Cl. The number of amides is 1. The van der Waals surface area contributed by atoms with Gasteiger partial charge in [0.25, 0.3) is 0 Å². The number of carbonyl (C=O) groups is 1. The van der Waals surface area contributed by atoms with Crippen LogP contribution in [0.15, 0.2) is 24.3 Å². The molecule has 1 aromatic rings. The van der Waals surface area contributed by atoms with E-state index in [0.717, 1.165) is 9.26 Å². The fourth-order valence-electron chi connectivity index (χ4n) is 1.50. The molecule has 0 aliphatic heterocycles. The maximum absolute atomic E-state index is 11.8. The Labute approximate surface area is 147 Å². The highest BCUT2D eigenvalue weighted by molar-refractivity contribution is 14.1. The first-order valence-electron chi connectivity index (χ1n) is 6.06. The molecule has 7 heteroatoms. The Morgan fingerprint density at radius 3 is 2.25 bits per heavy atom. The van der Waals surface area contributed by atoms with E-state index in [2.05, 4.69) is 33.2 Å². The minimum atomic E-state index is -1.64. The van der Waals surface area contributed by atoms with Gasteiger partial charge in [-0.3, -0.25) is 4.79 Å². The monoisotopic (exact) mass is 448 g/mol. The maximum Gasteiger partial charge on any atom is 0.228 e. The smallest absolute Gasteiger partial charge is 0.228 e. The van der Waals surface area contributed by atoms with Crippen LogP contribution in [0.25, 0.3) is 0 Å². The van der Waals surface area contributed by atoms with Crippen LogP contribution in [-0.4, -0.2) is 15.9 Å². The van der Waals surface area contributed by atoms with E-state index in [0.29, 0.717) is 6.42 Å². The number of benzene rings is 1. The third-order valence-corrected chi connectivity index (χ3v) is 3.76. The number of rotatable bonds is 5. The van der Waals surface area contributed by atoms with Crippen molar-refractivity contribution in [1.29, 1.82) is 0 Å². The normalized spacial score (nSPS) is 13.2. The van der Waals surface area contributed by atoms with Crippen molar-refractivity contribution in [2.45, 2.75) is 30.2 Å². The summed E-state index contributed by atoms with van der Waals surface area (Å²) in [6, 6.07) is 7.57. The van der Waals surface area contributed by atoms with Crippen LogP contribution in [0, 0.1) is 9.49 Å². The van der Waals surface area contributed by atoms with Crippen molar-refractivity contribution in [1.82, 2.24) is 5.32 Å². The Hall–Kier alpha value is 0.0900. The maximum atomic E-state index is 11.8. The van der Waals surface area contributed by atoms with E-state index in [9.17, 15) is 4.79 Å².